The number of nitrogens with one attached hydrogen (secondary N) is 1. The maximum Gasteiger partial charge on any atom is 0.234 e. The molecule has 1 amide bonds. The van der Waals surface area contributed by atoms with E-state index < -0.39 is 0 Å². The number of benzene rings is 1. The number of hydrogen-bond acceptors (Lipinski definition) is 3. The maximum absolute atomic E-state index is 11.0. The van der Waals surface area contributed by atoms with Gasteiger partial charge >= 0.3 is 0 Å². The van der Waals surface area contributed by atoms with Crippen LogP contribution in [0.1, 0.15) is 19.4 Å². The van der Waals surface area contributed by atoms with Crippen molar-refractivity contribution in [2.75, 3.05) is 6.61 Å². The normalized spacial score (nSPS) is 12.2. The third-order valence-corrected chi connectivity index (χ3v) is 3.45. The van der Waals surface area contributed by atoms with Crippen LogP contribution in [0.3, 0.4) is 0 Å². The highest BCUT2D eigenvalue weighted by Gasteiger charge is 2.13. The standard InChI is InChI=1S/C12H16Br2N2O2/c1-3-18-11-8(4-9(13)5-10(11)14)6-16-7(2)12(15)17/h4-5,7,16H,3,6H2,1-2H3,(H2,15,17). The van der Waals surface area contributed by atoms with E-state index >= 15 is 0 Å². The molecule has 1 unspecified atom stereocenters. The Balaban J connectivity index is 2.89. The lowest BCUT2D eigenvalue weighted by atomic mass is 10.2. The monoisotopic (exact) mass is 378 g/mol. The second-order valence-electron chi connectivity index (χ2n) is 3.81. The Kier molecular flexibility index (Phi) is 6.11. The first-order valence-corrected chi connectivity index (χ1v) is 7.17. The number of hydrogen-bond donors (Lipinski definition) is 2. The van der Waals surface area contributed by atoms with Crippen molar-refractivity contribution < 1.29 is 9.53 Å². The van der Waals surface area contributed by atoms with E-state index in [0.717, 1.165) is 20.3 Å². The molecule has 0 heterocycles. The van der Waals surface area contributed by atoms with E-state index in [0.29, 0.717) is 13.2 Å². The zero-order chi connectivity index (χ0) is 13.7. The summed E-state index contributed by atoms with van der Waals surface area (Å²) in [5.41, 5.74) is 6.17. The van der Waals surface area contributed by atoms with Gasteiger partial charge in [-0.25, -0.2) is 0 Å². The molecule has 1 aromatic carbocycles. The van der Waals surface area contributed by atoms with Crippen molar-refractivity contribution >= 4 is 37.8 Å². The highest BCUT2D eigenvalue weighted by Crippen LogP contribution is 2.33. The fraction of sp³-hybridized carbons (Fsp3) is 0.417. The van der Waals surface area contributed by atoms with Gasteiger partial charge in [-0.05, 0) is 41.9 Å². The maximum atomic E-state index is 11.0. The molecule has 0 aliphatic carbocycles. The fourth-order valence-electron chi connectivity index (χ4n) is 1.41. The fourth-order valence-corrected chi connectivity index (χ4v) is 2.84. The van der Waals surface area contributed by atoms with E-state index in [2.05, 4.69) is 37.2 Å². The summed E-state index contributed by atoms with van der Waals surface area (Å²) < 4.78 is 7.41. The summed E-state index contributed by atoms with van der Waals surface area (Å²) >= 11 is 6.89. The van der Waals surface area contributed by atoms with Gasteiger partial charge in [0.15, 0.2) is 0 Å². The van der Waals surface area contributed by atoms with E-state index in [1.54, 1.807) is 6.92 Å². The van der Waals surface area contributed by atoms with Gasteiger partial charge in [0.25, 0.3) is 0 Å². The van der Waals surface area contributed by atoms with Crippen molar-refractivity contribution in [3.63, 3.8) is 0 Å². The molecule has 0 saturated heterocycles. The van der Waals surface area contributed by atoms with Crippen molar-refractivity contribution in [2.24, 2.45) is 5.73 Å². The summed E-state index contributed by atoms with van der Waals surface area (Å²) in [4.78, 5) is 11.0. The SMILES string of the molecule is CCOc1c(Br)cc(Br)cc1CNC(C)C(N)=O. The molecule has 1 atom stereocenters. The molecular formula is C12H16Br2N2O2. The average molecular weight is 380 g/mol. The van der Waals surface area contributed by atoms with E-state index in [-0.39, 0.29) is 11.9 Å². The van der Waals surface area contributed by atoms with Gasteiger partial charge in [-0.1, -0.05) is 15.9 Å². The van der Waals surface area contributed by atoms with Gasteiger partial charge in [0.05, 0.1) is 17.1 Å². The Morgan fingerprint density at radius 2 is 2.17 bits per heavy atom. The smallest absolute Gasteiger partial charge is 0.234 e. The van der Waals surface area contributed by atoms with Crippen LogP contribution in [0.5, 0.6) is 5.75 Å². The van der Waals surface area contributed by atoms with Crippen molar-refractivity contribution in [2.45, 2.75) is 26.4 Å². The van der Waals surface area contributed by atoms with Crippen LogP contribution < -0.4 is 15.8 Å². The van der Waals surface area contributed by atoms with Gasteiger partial charge in [-0.2, -0.15) is 0 Å². The first-order chi connectivity index (χ1) is 8.45. The quantitative estimate of drug-likeness (QED) is 0.798. The van der Waals surface area contributed by atoms with Crippen molar-refractivity contribution in [1.82, 2.24) is 5.32 Å². The number of rotatable bonds is 6. The molecule has 18 heavy (non-hydrogen) atoms. The lowest BCUT2D eigenvalue weighted by Gasteiger charge is -2.15. The molecule has 0 aromatic heterocycles. The van der Waals surface area contributed by atoms with E-state index in [1.165, 1.54) is 0 Å². The molecule has 0 saturated carbocycles. The molecular weight excluding hydrogens is 364 g/mol. The molecule has 0 radical (unpaired) electrons. The first-order valence-electron chi connectivity index (χ1n) is 5.59. The molecule has 4 nitrogen and oxygen atoms in total. The highest BCUT2D eigenvalue weighted by atomic mass is 79.9. The Bertz CT molecular complexity index is 438. The second kappa shape index (κ2) is 7.11. The number of nitrogens with two attached hydrogens (primary N) is 1. The molecule has 0 aliphatic heterocycles. The highest BCUT2D eigenvalue weighted by molar-refractivity contribution is 9.11. The first kappa shape index (κ1) is 15.5. The van der Waals surface area contributed by atoms with Crippen LogP contribution in [0, 0.1) is 0 Å². The van der Waals surface area contributed by atoms with Crippen molar-refractivity contribution in [3.8, 4) is 5.75 Å². The van der Waals surface area contributed by atoms with Crippen molar-refractivity contribution in [1.29, 1.82) is 0 Å². The van der Waals surface area contributed by atoms with Crippen molar-refractivity contribution in [3.05, 3.63) is 26.6 Å². The minimum Gasteiger partial charge on any atom is -0.492 e. The van der Waals surface area contributed by atoms with Crippen LogP contribution >= 0.6 is 31.9 Å². The molecule has 0 fully saturated rings. The predicted octanol–water partition coefficient (Wildman–Crippen LogP) is 2.57. The number of carbonyl (C=O) groups is 1. The number of amides is 1. The number of halogens is 2. The summed E-state index contributed by atoms with van der Waals surface area (Å²) in [6.07, 6.45) is 0. The molecule has 1 aromatic rings. The lowest BCUT2D eigenvalue weighted by Crippen LogP contribution is -2.38. The van der Waals surface area contributed by atoms with Crippen LogP contribution in [0.2, 0.25) is 0 Å². The molecule has 0 spiro atoms. The van der Waals surface area contributed by atoms with Crippen LogP contribution in [0.4, 0.5) is 0 Å². The van der Waals surface area contributed by atoms with Gasteiger partial charge < -0.3 is 15.8 Å². The Labute approximate surface area is 124 Å². The summed E-state index contributed by atoms with van der Waals surface area (Å²) in [5, 5.41) is 3.06. The van der Waals surface area contributed by atoms with E-state index in [9.17, 15) is 4.79 Å². The zero-order valence-corrected chi connectivity index (χ0v) is 13.5. The van der Waals surface area contributed by atoms with Gasteiger partial charge in [0, 0.05) is 16.6 Å². The Morgan fingerprint density at radius 3 is 2.72 bits per heavy atom. The topological polar surface area (TPSA) is 64.3 Å². The Morgan fingerprint density at radius 1 is 1.50 bits per heavy atom. The third kappa shape index (κ3) is 4.26. The van der Waals surface area contributed by atoms with Gasteiger partial charge in [0.2, 0.25) is 5.91 Å². The second-order valence-corrected chi connectivity index (χ2v) is 5.58. The van der Waals surface area contributed by atoms with Crippen LogP contribution in [-0.4, -0.2) is 18.6 Å². The summed E-state index contributed by atoms with van der Waals surface area (Å²) in [7, 11) is 0. The van der Waals surface area contributed by atoms with Gasteiger partial charge in [-0.3, -0.25) is 4.79 Å². The predicted molar refractivity (Wildman–Crippen MR) is 78.5 cm³/mol. The largest absolute Gasteiger partial charge is 0.492 e. The Hall–Kier alpha value is -0.590. The van der Waals surface area contributed by atoms with Crippen LogP contribution in [0.25, 0.3) is 0 Å². The lowest BCUT2D eigenvalue weighted by molar-refractivity contribution is -0.119. The molecule has 0 aliphatic rings. The number of primary amides is 1. The number of carbonyl (C=O) groups excluding carboxylic acids is 1. The van der Waals surface area contributed by atoms with Crippen LogP contribution in [-0.2, 0) is 11.3 Å². The molecule has 6 heteroatoms. The number of ether oxygens (including phenoxy) is 1. The van der Waals surface area contributed by atoms with E-state index in [4.69, 9.17) is 10.5 Å². The molecule has 3 N–H and O–H groups in total. The van der Waals surface area contributed by atoms with Gasteiger partial charge in [0.1, 0.15) is 5.75 Å². The molecule has 1 rings (SSSR count). The third-order valence-electron chi connectivity index (χ3n) is 2.40. The summed E-state index contributed by atoms with van der Waals surface area (Å²) in [6.45, 7) is 4.75. The summed E-state index contributed by atoms with van der Waals surface area (Å²) in [5.74, 6) is 0.409. The zero-order valence-electron chi connectivity index (χ0n) is 10.3. The summed E-state index contributed by atoms with van der Waals surface area (Å²) in [6, 6.07) is 3.50. The van der Waals surface area contributed by atoms with Crippen LogP contribution in [0.15, 0.2) is 21.1 Å². The molecule has 0 bridgehead atoms. The van der Waals surface area contributed by atoms with E-state index in [1.807, 2.05) is 19.1 Å². The molecule has 100 valence electrons. The van der Waals surface area contributed by atoms with Gasteiger partial charge in [-0.15, -0.1) is 0 Å². The minimum atomic E-state index is -0.378. The minimum absolute atomic E-state index is 0.373. The average Bonchev–Trinajstić information content (AvgIpc) is 2.29.